The SMILES string of the molecule is CCOC(=O)C1=C(C)N(C)C(=O)NC1c1ccc(Cl)c(Cl)c1. The summed E-state index contributed by atoms with van der Waals surface area (Å²) in [5.74, 6) is -0.470. The van der Waals surface area contributed by atoms with Crippen LogP contribution in [0.1, 0.15) is 25.5 Å². The van der Waals surface area contributed by atoms with Gasteiger partial charge >= 0.3 is 12.0 Å². The number of rotatable bonds is 3. The quantitative estimate of drug-likeness (QED) is 0.855. The minimum absolute atomic E-state index is 0.251. The van der Waals surface area contributed by atoms with Crippen LogP contribution in [0.5, 0.6) is 0 Å². The molecule has 118 valence electrons. The second-order valence-electron chi connectivity index (χ2n) is 4.83. The molecule has 0 aromatic heterocycles. The van der Waals surface area contributed by atoms with E-state index in [0.717, 1.165) is 0 Å². The molecule has 1 unspecified atom stereocenters. The largest absolute Gasteiger partial charge is 0.463 e. The first-order chi connectivity index (χ1) is 10.4. The van der Waals surface area contributed by atoms with Crippen LogP contribution in [0.3, 0.4) is 0 Å². The van der Waals surface area contributed by atoms with Crippen LogP contribution in [0, 0.1) is 0 Å². The normalized spacial score (nSPS) is 18.3. The summed E-state index contributed by atoms with van der Waals surface area (Å²) in [5.41, 5.74) is 1.58. The van der Waals surface area contributed by atoms with Gasteiger partial charge in [0, 0.05) is 12.7 Å². The number of carbonyl (C=O) groups excluding carboxylic acids is 2. The predicted molar refractivity (Wildman–Crippen MR) is 84.8 cm³/mol. The minimum Gasteiger partial charge on any atom is -0.463 e. The van der Waals surface area contributed by atoms with E-state index in [1.807, 2.05) is 0 Å². The zero-order chi connectivity index (χ0) is 16.4. The number of hydrogen-bond acceptors (Lipinski definition) is 3. The second kappa shape index (κ2) is 6.58. The maximum Gasteiger partial charge on any atom is 0.338 e. The molecular formula is C15H16Cl2N2O3. The standard InChI is InChI=1S/C15H16Cl2N2O3/c1-4-22-14(20)12-8(2)19(3)15(21)18-13(12)9-5-6-10(16)11(17)7-9/h5-7,13H,4H2,1-3H3,(H,18,21). The monoisotopic (exact) mass is 342 g/mol. The van der Waals surface area contributed by atoms with Crippen LogP contribution < -0.4 is 5.32 Å². The molecule has 1 heterocycles. The molecule has 1 atom stereocenters. The van der Waals surface area contributed by atoms with Gasteiger partial charge in [0.25, 0.3) is 0 Å². The van der Waals surface area contributed by atoms with Gasteiger partial charge in [-0.1, -0.05) is 29.3 Å². The third-order valence-corrected chi connectivity index (χ3v) is 4.27. The van der Waals surface area contributed by atoms with Crippen LogP contribution in [0.25, 0.3) is 0 Å². The highest BCUT2D eigenvalue weighted by Crippen LogP contribution is 2.33. The lowest BCUT2D eigenvalue weighted by Gasteiger charge is -2.33. The highest BCUT2D eigenvalue weighted by molar-refractivity contribution is 6.42. The van der Waals surface area contributed by atoms with E-state index >= 15 is 0 Å². The van der Waals surface area contributed by atoms with Gasteiger partial charge in [-0.25, -0.2) is 9.59 Å². The van der Waals surface area contributed by atoms with Gasteiger partial charge < -0.3 is 15.0 Å². The highest BCUT2D eigenvalue weighted by atomic mass is 35.5. The summed E-state index contributed by atoms with van der Waals surface area (Å²) in [6, 6.07) is 4.05. The Morgan fingerprint density at radius 2 is 2.05 bits per heavy atom. The summed E-state index contributed by atoms with van der Waals surface area (Å²) in [5, 5.41) is 3.54. The van der Waals surface area contributed by atoms with Crippen LogP contribution in [0.15, 0.2) is 29.5 Å². The number of ether oxygens (including phenoxy) is 1. The molecule has 0 saturated heterocycles. The first-order valence-corrected chi connectivity index (χ1v) is 7.49. The molecule has 7 heteroatoms. The first-order valence-electron chi connectivity index (χ1n) is 6.73. The maximum atomic E-state index is 12.3. The van der Waals surface area contributed by atoms with Gasteiger partial charge in [-0.2, -0.15) is 0 Å². The number of nitrogens with zero attached hydrogens (tertiary/aromatic N) is 1. The van der Waals surface area contributed by atoms with Crippen molar-refractivity contribution in [3.05, 3.63) is 45.1 Å². The molecule has 1 aromatic rings. The molecule has 1 aromatic carbocycles. The molecule has 2 rings (SSSR count). The summed E-state index contributed by atoms with van der Waals surface area (Å²) < 4.78 is 5.11. The van der Waals surface area contributed by atoms with Gasteiger partial charge in [-0.3, -0.25) is 0 Å². The number of esters is 1. The van der Waals surface area contributed by atoms with Gasteiger partial charge in [0.2, 0.25) is 0 Å². The Labute approximate surface area is 138 Å². The number of halogens is 2. The van der Waals surface area contributed by atoms with Crippen LogP contribution in [0.4, 0.5) is 4.79 Å². The van der Waals surface area contributed by atoms with Crippen molar-refractivity contribution in [2.24, 2.45) is 0 Å². The van der Waals surface area contributed by atoms with Crippen molar-refractivity contribution in [1.29, 1.82) is 0 Å². The molecule has 0 bridgehead atoms. The fourth-order valence-electron chi connectivity index (χ4n) is 2.25. The molecular weight excluding hydrogens is 327 g/mol. The topological polar surface area (TPSA) is 58.6 Å². The fourth-order valence-corrected chi connectivity index (χ4v) is 2.56. The molecule has 22 heavy (non-hydrogen) atoms. The van der Waals surface area contributed by atoms with Crippen molar-refractivity contribution >= 4 is 35.2 Å². The Kier molecular flexibility index (Phi) is 4.98. The second-order valence-corrected chi connectivity index (χ2v) is 5.65. The number of urea groups is 1. The summed E-state index contributed by atoms with van der Waals surface area (Å²) in [4.78, 5) is 25.7. The zero-order valence-electron chi connectivity index (χ0n) is 12.4. The Morgan fingerprint density at radius 3 is 2.64 bits per heavy atom. The number of amides is 2. The van der Waals surface area contributed by atoms with Gasteiger partial charge in [0.15, 0.2) is 0 Å². The van der Waals surface area contributed by atoms with Crippen LogP contribution in [0.2, 0.25) is 10.0 Å². The van der Waals surface area contributed by atoms with Crippen LogP contribution >= 0.6 is 23.2 Å². The molecule has 2 amide bonds. The van der Waals surface area contributed by atoms with Gasteiger partial charge in [-0.15, -0.1) is 0 Å². The van der Waals surface area contributed by atoms with Crippen molar-refractivity contribution in [2.45, 2.75) is 19.9 Å². The van der Waals surface area contributed by atoms with E-state index in [1.54, 1.807) is 39.1 Å². The molecule has 0 radical (unpaired) electrons. The van der Waals surface area contributed by atoms with Crippen molar-refractivity contribution in [2.75, 3.05) is 13.7 Å². The molecule has 1 N–H and O–H groups in total. The smallest absolute Gasteiger partial charge is 0.338 e. The van der Waals surface area contributed by atoms with E-state index < -0.39 is 12.0 Å². The lowest BCUT2D eigenvalue weighted by Crippen LogP contribution is -2.46. The lowest BCUT2D eigenvalue weighted by atomic mass is 9.95. The number of carbonyl (C=O) groups is 2. The summed E-state index contributed by atoms with van der Waals surface area (Å²) in [6.45, 7) is 3.68. The van der Waals surface area contributed by atoms with E-state index in [4.69, 9.17) is 27.9 Å². The molecule has 0 saturated carbocycles. The first kappa shape index (κ1) is 16.6. The van der Waals surface area contributed by atoms with E-state index in [-0.39, 0.29) is 12.6 Å². The highest BCUT2D eigenvalue weighted by Gasteiger charge is 2.35. The average Bonchev–Trinajstić information content (AvgIpc) is 2.47. The molecule has 0 fully saturated rings. The van der Waals surface area contributed by atoms with E-state index in [2.05, 4.69) is 5.32 Å². The summed E-state index contributed by atoms with van der Waals surface area (Å²) in [7, 11) is 1.59. The van der Waals surface area contributed by atoms with Crippen molar-refractivity contribution in [1.82, 2.24) is 10.2 Å². The van der Waals surface area contributed by atoms with Crippen LogP contribution in [-0.4, -0.2) is 30.6 Å². The third-order valence-electron chi connectivity index (χ3n) is 3.53. The number of nitrogens with one attached hydrogen (secondary N) is 1. The summed E-state index contributed by atoms with van der Waals surface area (Å²) >= 11 is 12.0. The molecule has 1 aliphatic rings. The average molecular weight is 343 g/mol. The van der Waals surface area contributed by atoms with Crippen molar-refractivity contribution < 1.29 is 14.3 Å². The minimum atomic E-state index is -0.627. The molecule has 0 aliphatic carbocycles. The molecule has 5 nitrogen and oxygen atoms in total. The van der Waals surface area contributed by atoms with E-state index in [1.165, 1.54) is 4.90 Å². The van der Waals surface area contributed by atoms with Gasteiger partial charge in [-0.05, 0) is 31.5 Å². The van der Waals surface area contributed by atoms with Crippen molar-refractivity contribution in [3.8, 4) is 0 Å². The molecule has 0 spiro atoms. The lowest BCUT2D eigenvalue weighted by molar-refractivity contribution is -0.139. The van der Waals surface area contributed by atoms with Crippen LogP contribution in [-0.2, 0) is 9.53 Å². The fraction of sp³-hybridized carbons (Fsp3) is 0.333. The van der Waals surface area contributed by atoms with Gasteiger partial charge in [0.05, 0.1) is 28.3 Å². The van der Waals surface area contributed by atoms with E-state index in [9.17, 15) is 9.59 Å². The number of allylic oxidation sites excluding steroid dienone is 1. The summed E-state index contributed by atoms with van der Waals surface area (Å²) in [6.07, 6.45) is 0. The maximum absolute atomic E-state index is 12.3. The Hall–Kier alpha value is -1.72. The van der Waals surface area contributed by atoms with Gasteiger partial charge in [0.1, 0.15) is 0 Å². The predicted octanol–water partition coefficient (Wildman–Crippen LogP) is 3.53. The Morgan fingerprint density at radius 1 is 1.36 bits per heavy atom. The van der Waals surface area contributed by atoms with Crippen molar-refractivity contribution in [3.63, 3.8) is 0 Å². The Bertz CT molecular complexity index is 658. The Balaban J connectivity index is 2.53. The van der Waals surface area contributed by atoms with E-state index in [0.29, 0.717) is 26.9 Å². The third kappa shape index (κ3) is 3.05. The molecule has 1 aliphatic heterocycles. The zero-order valence-corrected chi connectivity index (χ0v) is 14.0. The number of benzene rings is 1. The number of hydrogen-bond donors (Lipinski definition) is 1.